The third-order valence-electron chi connectivity index (χ3n) is 2.34. The first kappa shape index (κ1) is 12.2. The molecule has 0 saturated heterocycles. The molecule has 5 nitrogen and oxygen atoms in total. The summed E-state index contributed by atoms with van der Waals surface area (Å²) in [5.74, 6) is 2.38. The van der Waals surface area contributed by atoms with Crippen LogP contribution in [0, 0.1) is 0 Å². The highest BCUT2D eigenvalue weighted by Gasteiger charge is 2.11. The summed E-state index contributed by atoms with van der Waals surface area (Å²) in [6.07, 6.45) is 3.77. The van der Waals surface area contributed by atoms with Crippen molar-refractivity contribution in [1.29, 1.82) is 0 Å². The molecule has 0 aliphatic heterocycles. The Morgan fingerprint density at radius 3 is 2.94 bits per heavy atom. The van der Waals surface area contributed by atoms with Gasteiger partial charge in [-0.15, -0.1) is 0 Å². The van der Waals surface area contributed by atoms with Crippen LogP contribution in [0.2, 0.25) is 0 Å². The van der Waals surface area contributed by atoms with Crippen LogP contribution in [-0.2, 0) is 12.3 Å². The molecule has 2 rings (SSSR count). The fourth-order valence-electron chi connectivity index (χ4n) is 1.36. The highest BCUT2D eigenvalue weighted by Crippen LogP contribution is 2.21. The van der Waals surface area contributed by atoms with Gasteiger partial charge in [-0.3, -0.25) is 0 Å². The molecule has 0 N–H and O–H groups in total. The molecule has 0 radical (unpaired) electrons. The number of aromatic nitrogens is 4. The van der Waals surface area contributed by atoms with Gasteiger partial charge in [-0.2, -0.15) is 4.98 Å². The number of rotatable bonds is 5. The van der Waals surface area contributed by atoms with E-state index in [4.69, 9.17) is 4.52 Å². The summed E-state index contributed by atoms with van der Waals surface area (Å²) < 4.78 is 7.27. The van der Waals surface area contributed by atoms with E-state index in [1.165, 1.54) is 0 Å². The number of imidazole rings is 1. The maximum Gasteiger partial charge on any atom is 0.237 e. The first-order valence-corrected chi connectivity index (χ1v) is 6.65. The van der Waals surface area contributed by atoms with E-state index in [0.717, 1.165) is 17.5 Å². The van der Waals surface area contributed by atoms with Crippen LogP contribution < -0.4 is 0 Å². The van der Waals surface area contributed by atoms with E-state index < -0.39 is 0 Å². The molecule has 0 aliphatic carbocycles. The zero-order valence-corrected chi connectivity index (χ0v) is 11.1. The van der Waals surface area contributed by atoms with Crippen molar-refractivity contribution in [3.05, 3.63) is 24.1 Å². The molecule has 6 heteroatoms. The van der Waals surface area contributed by atoms with E-state index in [-0.39, 0.29) is 0 Å². The molecular formula is C11H16N4OS. The molecule has 0 spiro atoms. The predicted octanol–water partition coefficient (Wildman–Crippen LogP) is 2.70. The Morgan fingerprint density at radius 2 is 2.29 bits per heavy atom. The molecule has 0 unspecified atom stereocenters. The second-order valence-corrected chi connectivity index (χ2v) is 4.93. The van der Waals surface area contributed by atoms with Crippen LogP contribution >= 0.6 is 11.8 Å². The van der Waals surface area contributed by atoms with Crippen LogP contribution in [0.25, 0.3) is 0 Å². The van der Waals surface area contributed by atoms with Crippen molar-refractivity contribution in [2.45, 2.75) is 44.1 Å². The standard InChI is InChI=1S/C11H16N4OS/c1-4-15-6-5-12-11(15)17-7-9-13-10(8(2)3)14-16-9/h5-6,8H,4,7H2,1-3H3. The van der Waals surface area contributed by atoms with Crippen LogP contribution in [0.3, 0.4) is 0 Å². The maximum absolute atomic E-state index is 5.18. The lowest BCUT2D eigenvalue weighted by atomic mass is 10.2. The Morgan fingerprint density at radius 1 is 1.47 bits per heavy atom. The van der Waals surface area contributed by atoms with Crippen molar-refractivity contribution >= 4 is 11.8 Å². The monoisotopic (exact) mass is 252 g/mol. The number of hydrogen-bond acceptors (Lipinski definition) is 5. The summed E-state index contributed by atoms with van der Waals surface area (Å²) in [5, 5.41) is 4.91. The van der Waals surface area contributed by atoms with Gasteiger partial charge < -0.3 is 9.09 Å². The van der Waals surface area contributed by atoms with Crippen molar-refractivity contribution in [3.63, 3.8) is 0 Å². The summed E-state index contributed by atoms with van der Waals surface area (Å²) in [5.41, 5.74) is 0. The Labute approximate surface area is 105 Å². The molecule has 0 atom stereocenters. The van der Waals surface area contributed by atoms with Crippen molar-refractivity contribution in [2.75, 3.05) is 0 Å². The van der Waals surface area contributed by atoms with Crippen molar-refractivity contribution < 1.29 is 4.52 Å². The normalized spacial score (nSPS) is 11.3. The minimum absolute atomic E-state index is 0.301. The van der Waals surface area contributed by atoms with Gasteiger partial charge in [0.25, 0.3) is 0 Å². The third-order valence-corrected chi connectivity index (χ3v) is 3.33. The molecule has 92 valence electrons. The molecule has 0 amide bonds. The number of aryl methyl sites for hydroxylation is 1. The number of hydrogen-bond donors (Lipinski definition) is 0. The van der Waals surface area contributed by atoms with Gasteiger partial charge >= 0.3 is 0 Å². The molecule has 0 bridgehead atoms. The average Bonchev–Trinajstić information content (AvgIpc) is 2.95. The number of thioether (sulfide) groups is 1. The second-order valence-electron chi connectivity index (χ2n) is 3.99. The summed E-state index contributed by atoms with van der Waals surface area (Å²) in [6.45, 7) is 7.11. The molecule has 0 saturated carbocycles. The van der Waals surface area contributed by atoms with Crippen LogP contribution in [0.15, 0.2) is 22.1 Å². The van der Waals surface area contributed by atoms with Gasteiger partial charge in [-0.1, -0.05) is 30.8 Å². The van der Waals surface area contributed by atoms with Gasteiger partial charge in [0.1, 0.15) is 0 Å². The summed E-state index contributed by atoms with van der Waals surface area (Å²) in [7, 11) is 0. The Hall–Kier alpha value is -1.30. The van der Waals surface area contributed by atoms with Crippen LogP contribution in [0.5, 0.6) is 0 Å². The second kappa shape index (κ2) is 5.35. The maximum atomic E-state index is 5.18. The minimum Gasteiger partial charge on any atom is -0.338 e. The summed E-state index contributed by atoms with van der Waals surface area (Å²) >= 11 is 1.61. The zero-order valence-electron chi connectivity index (χ0n) is 10.3. The largest absolute Gasteiger partial charge is 0.338 e. The molecule has 0 fully saturated rings. The summed E-state index contributed by atoms with van der Waals surface area (Å²) in [4.78, 5) is 8.61. The zero-order chi connectivity index (χ0) is 12.3. The number of nitrogens with zero attached hydrogens (tertiary/aromatic N) is 4. The molecule has 0 aliphatic rings. The van der Waals surface area contributed by atoms with Gasteiger partial charge in [0.2, 0.25) is 5.89 Å². The molecule has 17 heavy (non-hydrogen) atoms. The van der Waals surface area contributed by atoms with E-state index in [1.54, 1.807) is 18.0 Å². The van der Waals surface area contributed by atoms with Gasteiger partial charge in [-0.25, -0.2) is 4.98 Å². The molecule has 2 aromatic heterocycles. The van der Waals surface area contributed by atoms with Crippen LogP contribution in [0.4, 0.5) is 0 Å². The Kier molecular flexibility index (Phi) is 3.83. The smallest absolute Gasteiger partial charge is 0.237 e. The molecule has 2 aromatic rings. The summed E-state index contributed by atoms with van der Waals surface area (Å²) in [6, 6.07) is 0. The highest BCUT2D eigenvalue weighted by molar-refractivity contribution is 7.98. The van der Waals surface area contributed by atoms with Gasteiger partial charge in [0.15, 0.2) is 11.0 Å². The first-order valence-electron chi connectivity index (χ1n) is 5.67. The Balaban J connectivity index is 1.97. The fourth-order valence-corrected chi connectivity index (χ4v) is 2.22. The predicted molar refractivity (Wildman–Crippen MR) is 65.8 cm³/mol. The molecular weight excluding hydrogens is 236 g/mol. The SMILES string of the molecule is CCn1ccnc1SCc1nc(C(C)C)no1. The van der Waals surface area contributed by atoms with Crippen molar-refractivity contribution in [1.82, 2.24) is 19.7 Å². The van der Waals surface area contributed by atoms with Gasteiger partial charge in [0, 0.05) is 24.9 Å². The van der Waals surface area contributed by atoms with Gasteiger partial charge in [0.05, 0.1) is 5.75 Å². The first-order chi connectivity index (χ1) is 8.20. The molecule has 0 aromatic carbocycles. The minimum atomic E-state index is 0.301. The van der Waals surface area contributed by atoms with Crippen molar-refractivity contribution in [2.24, 2.45) is 0 Å². The lowest BCUT2D eigenvalue weighted by Gasteiger charge is -2.01. The van der Waals surface area contributed by atoms with Crippen LogP contribution in [-0.4, -0.2) is 19.7 Å². The average molecular weight is 252 g/mol. The lowest BCUT2D eigenvalue weighted by Crippen LogP contribution is -1.95. The third kappa shape index (κ3) is 2.88. The Bertz CT molecular complexity index is 477. The van der Waals surface area contributed by atoms with Crippen molar-refractivity contribution in [3.8, 4) is 0 Å². The quantitative estimate of drug-likeness (QED) is 0.766. The topological polar surface area (TPSA) is 56.7 Å². The van der Waals surface area contributed by atoms with Crippen LogP contribution in [0.1, 0.15) is 38.4 Å². The van der Waals surface area contributed by atoms with E-state index in [1.807, 2.05) is 20.0 Å². The van der Waals surface area contributed by atoms with E-state index >= 15 is 0 Å². The van der Waals surface area contributed by atoms with E-state index in [0.29, 0.717) is 17.6 Å². The fraction of sp³-hybridized carbons (Fsp3) is 0.545. The van der Waals surface area contributed by atoms with E-state index in [2.05, 4.69) is 26.6 Å². The molecule has 2 heterocycles. The van der Waals surface area contributed by atoms with Gasteiger partial charge in [-0.05, 0) is 6.92 Å². The lowest BCUT2D eigenvalue weighted by molar-refractivity contribution is 0.382. The highest BCUT2D eigenvalue weighted by atomic mass is 32.2. The van der Waals surface area contributed by atoms with E-state index in [9.17, 15) is 0 Å².